The normalized spacial score (nSPS) is 13.5. The molecule has 0 aliphatic heterocycles. The van der Waals surface area contributed by atoms with Crippen molar-refractivity contribution in [3.8, 4) is 5.75 Å². The summed E-state index contributed by atoms with van der Waals surface area (Å²) in [5, 5.41) is 15.4. The van der Waals surface area contributed by atoms with Crippen LogP contribution in [0.3, 0.4) is 0 Å². The van der Waals surface area contributed by atoms with E-state index in [4.69, 9.17) is 9.84 Å². The lowest BCUT2D eigenvalue weighted by molar-refractivity contribution is -0.139. The van der Waals surface area contributed by atoms with Gasteiger partial charge in [-0.15, -0.1) is 0 Å². The fourth-order valence-electron chi connectivity index (χ4n) is 2.45. The topological polar surface area (TPSA) is 70.6 Å². The number of carbonyl (C=O) groups is 1. The molecule has 130 valence electrons. The van der Waals surface area contributed by atoms with Crippen molar-refractivity contribution in [3.63, 3.8) is 0 Å². The smallest absolute Gasteiger partial charge is 0.320 e. The maximum Gasteiger partial charge on any atom is 0.320 e. The Morgan fingerprint density at radius 2 is 2.09 bits per heavy atom. The number of para-hydroxylation sites is 1. The highest BCUT2D eigenvalue weighted by molar-refractivity contribution is 5.73. The van der Waals surface area contributed by atoms with Gasteiger partial charge in [0.05, 0.1) is 0 Å². The quantitative estimate of drug-likeness (QED) is 0.516. The zero-order valence-electron chi connectivity index (χ0n) is 14.5. The van der Waals surface area contributed by atoms with Gasteiger partial charge in [-0.3, -0.25) is 4.79 Å². The second kappa shape index (κ2) is 11.0. The molecule has 1 rings (SSSR count). The van der Waals surface area contributed by atoms with Crippen LogP contribution in [-0.2, 0) is 11.2 Å². The number of aliphatic carboxylic acids is 1. The average Bonchev–Trinajstić information content (AvgIpc) is 2.53. The number of nitrogens with one attached hydrogen (secondary N) is 2. The molecule has 5 nitrogen and oxygen atoms in total. The van der Waals surface area contributed by atoms with Crippen molar-refractivity contribution in [3.05, 3.63) is 29.8 Å². The predicted octanol–water partition coefficient (Wildman–Crippen LogP) is 2.45. The standard InChI is InChI=1S/C18H30N2O3/c1-4-8-16(18(21)22)20-13-14(2)23-17-11-6-5-9-15(17)10-7-12-19-3/h5-6,9,11,14,16,19-20H,4,7-8,10,12-13H2,1-3H3,(H,21,22)/t14-,16+/m1/s1. The molecule has 1 aromatic carbocycles. The molecule has 2 atom stereocenters. The molecule has 0 fully saturated rings. The lowest BCUT2D eigenvalue weighted by Crippen LogP contribution is -2.41. The van der Waals surface area contributed by atoms with Crippen LogP contribution in [0.4, 0.5) is 0 Å². The number of hydrogen-bond donors (Lipinski definition) is 3. The molecule has 0 saturated heterocycles. The highest BCUT2D eigenvalue weighted by atomic mass is 16.5. The van der Waals surface area contributed by atoms with Crippen molar-refractivity contribution in [1.29, 1.82) is 0 Å². The van der Waals surface area contributed by atoms with E-state index in [0.29, 0.717) is 13.0 Å². The van der Waals surface area contributed by atoms with Gasteiger partial charge in [0, 0.05) is 6.54 Å². The van der Waals surface area contributed by atoms with Crippen molar-refractivity contribution in [2.24, 2.45) is 0 Å². The van der Waals surface area contributed by atoms with Gasteiger partial charge in [0.15, 0.2) is 0 Å². The van der Waals surface area contributed by atoms with E-state index in [1.54, 1.807) is 0 Å². The fraction of sp³-hybridized carbons (Fsp3) is 0.611. The molecule has 0 heterocycles. The van der Waals surface area contributed by atoms with E-state index in [1.165, 1.54) is 5.56 Å². The highest BCUT2D eigenvalue weighted by Crippen LogP contribution is 2.20. The van der Waals surface area contributed by atoms with Gasteiger partial charge in [0.2, 0.25) is 0 Å². The van der Waals surface area contributed by atoms with Gasteiger partial charge < -0.3 is 20.5 Å². The second-order valence-electron chi connectivity index (χ2n) is 5.83. The molecule has 0 saturated carbocycles. The molecule has 5 heteroatoms. The number of hydrogen-bond acceptors (Lipinski definition) is 4. The van der Waals surface area contributed by atoms with E-state index in [2.05, 4.69) is 16.7 Å². The number of carboxylic acids is 1. The molecule has 3 N–H and O–H groups in total. The zero-order valence-corrected chi connectivity index (χ0v) is 14.5. The van der Waals surface area contributed by atoms with Crippen LogP contribution in [0.1, 0.15) is 38.7 Å². The minimum Gasteiger partial charge on any atom is -0.489 e. The third-order valence-electron chi connectivity index (χ3n) is 3.70. The van der Waals surface area contributed by atoms with Gasteiger partial charge in [0.25, 0.3) is 0 Å². The van der Waals surface area contributed by atoms with Gasteiger partial charge in [-0.25, -0.2) is 0 Å². The Kier molecular flexibility index (Phi) is 9.33. The minimum absolute atomic E-state index is 0.0841. The highest BCUT2D eigenvalue weighted by Gasteiger charge is 2.17. The Morgan fingerprint density at radius 3 is 2.74 bits per heavy atom. The van der Waals surface area contributed by atoms with E-state index in [0.717, 1.165) is 31.6 Å². The first-order valence-corrected chi connectivity index (χ1v) is 8.43. The Hall–Kier alpha value is -1.59. The summed E-state index contributed by atoms with van der Waals surface area (Å²) >= 11 is 0. The van der Waals surface area contributed by atoms with Crippen molar-refractivity contribution >= 4 is 5.97 Å². The zero-order chi connectivity index (χ0) is 17.1. The van der Waals surface area contributed by atoms with Crippen LogP contribution >= 0.6 is 0 Å². The summed E-state index contributed by atoms with van der Waals surface area (Å²) in [5.74, 6) is 0.0896. The molecule has 0 aromatic heterocycles. The van der Waals surface area contributed by atoms with Crippen LogP contribution in [0.15, 0.2) is 24.3 Å². The SMILES string of the molecule is CCC[C@H](NC[C@@H](C)Oc1ccccc1CCCNC)C(=O)O. The van der Waals surface area contributed by atoms with Crippen LogP contribution in [-0.4, -0.2) is 43.4 Å². The Morgan fingerprint density at radius 1 is 1.35 bits per heavy atom. The molecule has 0 aliphatic rings. The van der Waals surface area contributed by atoms with Gasteiger partial charge >= 0.3 is 5.97 Å². The van der Waals surface area contributed by atoms with E-state index in [-0.39, 0.29) is 6.10 Å². The number of aryl methyl sites for hydroxylation is 1. The van der Waals surface area contributed by atoms with Crippen LogP contribution in [0, 0.1) is 0 Å². The van der Waals surface area contributed by atoms with Gasteiger partial charge in [-0.1, -0.05) is 31.5 Å². The Balaban J connectivity index is 2.53. The van der Waals surface area contributed by atoms with Crippen LogP contribution in [0.2, 0.25) is 0 Å². The molecule has 0 bridgehead atoms. The lowest BCUT2D eigenvalue weighted by atomic mass is 10.1. The molecular formula is C18H30N2O3. The van der Waals surface area contributed by atoms with Crippen LogP contribution < -0.4 is 15.4 Å². The predicted molar refractivity (Wildman–Crippen MR) is 93.1 cm³/mol. The monoisotopic (exact) mass is 322 g/mol. The molecule has 0 spiro atoms. The maximum atomic E-state index is 11.2. The molecule has 23 heavy (non-hydrogen) atoms. The van der Waals surface area contributed by atoms with Gasteiger partial charge in [0.1, 0.15) is 17.9 Å². The summed E-state index contributed by atoms with van der Waals surface area (Å²) in [6.07, 6.45) is 3.40. The summed E-state index contributed by atoms with van der Waals surface area (Å²) in [6, 6.07) is 7.55. The first-order chi connectivity index (χ1) is 11.1. The van der Waals surface area contributed by atoms with Crippen molar-refractivity contribution in [2.45, 2.75) is 51.7 Å². The molecule has 0 aliphatic carbocycles. The molecule has 0 radical (unpaired) electrons. The fourth-order valence-corrected chi connectivity index (χ4v) is 2.45. The third kappa shape index (κ3) is 7.48. The first-order valence-electron chi connectivity index (χ1n) is 8.43. The number of ether oxygens (including phenoxy) is 1. The van der Waals surface area contributed by atoms with E-state index >= 15 is 0 Å². The second-order valence-corrected chi connectivity index (χ2v) is 5.83. The van der Waals surface area contributed by atoms with E-state index < -0.39 is 12.0 Å². The molecule has 0 unspecified atom stereocenters. The average molecular weight is 322 g/mol. The molecule has 0 amide bonds. The lowest BCUT2D eigenvalue weighted by Gasteiger charge is -2.20. The van der Waals surface area contributed by atoms with Crippen molar-refractivity contribution < 1.29 is 14.6 Å². The van der Waals surface area contributed by atoms with E-state index in [9.17, 15) is 4.79 Å². The molecular weight excluding hydrogens is 292 g/mol. The third-order valence-corrected chi connectivity index (χ3v) is 3.70. The summed E-state index contributed by atoms with van der Waals surface area (Å²) in [4.78, 5) is 11.2. The summed E-state index contributed by atoms with van der Waals surface area (Å²) < 4.78 is 6.01. The number of carboxylic acid groups (broad SMARTS) is 1. The number of benzene rings is 1. The van der Waals surface area contributed by atoms with E-state index in [1.807, 2.05) is 39.1 Å². The van der Waals surface area contributed by atoms with Crippen LogP contribution in [0.25, 0.3) is 0 Å². The first kappa shape index (κ1) is 19.5. The Bertz CT molecular complexity index is 465. The largest absolute Gasteiger partial charge is 0.489 e. The van der Waals surface area contributed by atoms with Crippen LogP contribution in [0.5, 0.6) is 5.75 Å². The maximum absolute atomic E-state index is 11.2. The Labute approximate surface area is 139 Å². The van der Waals surface area contributed by atoms with Crippen molar-refractivity contribution in [1.82, 2.24) is 10.6 Å². The summed E-state index contributed by atoms with van der Waals surface area (Å²) in [6.45, 7) is 5.44. The summed E-state index contributed by atoms with van der Waals surface area (Å²) in [7, 11) is 1.95. The molecule has 1 aromatic rings. The van der Waals surface area contributed by atoms with Gasteiger partial charge in [-0.2, -0.15) is 0 Å². The minimum atomic E-state index is -0.800. The van der Waals surface area contributed by atoms with Crippen molar-refractivity contribution in [2.75, 3.05) is 20.1 Å². The van der Waals surface area contributed by atoms with Gasteiger partial charge in [-0.05, 0) is 51.4 Å². The summed E-state index contributed by atoms with van der Waals surface area (Å²) in [5.41, 5.74) is 1.19. The number of rotatable bonds is 12.